The third-order valence-corrected chi connectivity index (χ3v) is 2.02. The maximum Gasteiger partial charge on any atom is 0.254 e. The summed E-state index contributed by atoms with van der Waals surface area (Å²) >= 11 is 1.93. The second-order valence-corrected chi connectivity index (χ2v) is 3.27. The predicted octanol–water partition coefficient (Wildman–Crippen LogP) is 0.157. The Kier molecular flexibility index (Phi) is 5.43. The number of carbonyl (C=O) groups excluding carboxylic acids is 1. The van der Waals surface area contributed by atoms with Gasteiger partial charge in [0, 0.05) is 20.1 Å². The molecule has 0 bridgehead atoms. The molecule has 0 aromatic carbocycles. The molecule has 5 heteroatoms. The summed E-state index contributed by atoms with van der Waals surface area (Å²) in [6, 6.07) is 0. The number of hydrogen-bond donors (Lipinski definition) is 1. The summed E-state index contributed by atoms with van der Waals surface area (Å²) in [5.41, 5.74) is 0. The zero-order valence-corrected chi connectivity index (χ0v) is 8.61. The normalized spacial score (nSPS) is 9.82. The van der Waals surface area contributed by atoms with Gasteiger partial charge in [0.1, 0.15) is 0 Å². The van der Waals surface area contributed by atoms with Crippen LogP contribution in [0.2, 0.25) is 0 Å². The van der Waals surface area contributed by atoms with Crippen LogP contribution >= 0.6 is 22.9 Å². The second kappa shape index (κ2) is 5.50. The van der Waals surface area contributed by atoms with Gasteiger partial charge in [0.05, 0.1) is 22.9 Å². The topological polar surface area (TPSA) is 49.6 Å². The first kappa shape index (κ1) is 10.9. The van der Waals surface area contributed by atoms with Crippen LogP contribution in [0, 0.1) is 0 Å². The van der Waals surface area contributed by atoms with Crippen LogP contribution in [-0.4, -0.2) is 34.2 Å². The van der Waals surface area contributed by atoms with E-state index in [4.69, 9.17) is 5.84 Å². The van der Waals surface area contributed by atoms with Crippen molar-refractivity contribution < 1.29 is 4.79 Å². The van der Waals surface area contributed by atoms with Crippen LogP contribution in [-0.2, 0) is 4.79 Å². The van der Waals surface area contributed by atoms with E-state index in [2.05, 4.69) is 6.58 Å². The van der Waals surface area contributed by atoms with Gasteiger partial charge in [-0.2, -0.15) is 0 Å². The molecule has 64 valence electrons. The maximum absolute atomic E-state index is 10.9. The van der Waals surface area contributed by atoms with Gasteiger partial charge in [-0.1, -0.05) is 6.58 Å². The minimum Gasteiger partial charge on any atom is -0.280 e. The molecule has 1 amide bonds. The van der Waals surface area contributed by atoms with Crippen LogP contribution in [0.3, 0.4) is 0 Å². The molecule has 0 unspecified atom stereocenters. The fourth-order valence-corrected chi connectivity index (χ4v) is 0.867. The van der Waals surface area contributed by atoms with Crippen LogP contribution in [0.5, 0.6) is 0 Å². The van der Waals surface area contributed by atoms with Gasteiger partial charge in [-0.25, -0.2) is 5.01 Å². The number of nitrogens with zero attached hydrogens (tertiary/aromatic N) is 2. The molecule has 0 aliphatic carbocycles. The van der Waals surface area contributed by atoms with Crippen molar-refractivity contribution in [3.05, 3.63) is 12.7 Å². The van der Waals surface area contributed by atoms with Gasteiger partial charge in [-0.05, 0) is 6.08 Å². The molecule has 0 aliphatic heterocycles. The maximum atomic E-state index is 10.9. The summed E-state index contributed by atoms with van der Waals surface area (Å²) in [5.74, 6) is 5.26. The summed E-state index contributed by atoms with van der Waals surface area (Å²) in [4.78, 5) is 10.9. The third kappa shape index (κ3) is 5.16. The van der Waals surface area contributed by atoms with Crippen molar-refractivity contribution in [3.63, 3.8) is 0 Å². The molecule has 0 aliphatic rings. The molecule has 0 heterocycles. The zero-order chi connectivity index (χ0) is 8.85. The molecule has 0 aromatic rings. The van der Waals surface area contributed by atoms with Crippen LogP contribution in [0.25, 0.3) is 0 Å². The van der Waals surface area contributed by atoms with Gasteiger partial charge in [-0.15, -0.1) is 0 Å². The highest BCUT2D eigenvalue weighted by atomic mass is 127. The molecule has 0 radical (unpaired) electrons. The third-order valence-electron chi connectivity index (χ3n) is 1.06. The van der Waals surface area contributed by atoms with Crippen molar-refractivity contribution in [1.82, 2.24) is 8.12 Å². The van der Waals surface area contributed by atoms with Crippen molar-refractivity contribution in [2.24, 2.45) is 5.84 Å². The zero-order valence-electron chi connectivity index (χ0n) is 6.46. The van der Waals surface area contributed by atoms with Crippen molar-refractivity contribution in [2.45, 2.75) is 0 Å². The van der Waals surface area contributed by atoms with Gasteiger partial charge in [0.25, 0.3) is 5.91 Å². The Labute approximate surface area is 80.5 Å². The van der Waals surface area contributed by atoms with Crippen molar-refractivity contribution in [3.8, 4) is 0 Å². The van der Waals surface area contributed by atoms with Crippen LogP contribution < -0.4 is 5.84 Å². The highest BCUT2D eigenvalue weighted by Crippen LogP contribution is 1.98. The minimum absolute atomic E-state index is 0.0903. The van der Waals surface area contributed by atoms with E-state index < -0.39 is 0 Å². The van der Waals surface area contributed by atoms with Crippen molar-refractivity contribution in [2.75, 3.05) is 20.1 Å². The standard InChI is InChI=1S/C6H12IN3O/c1-3-6(11)10(7)5-4-9(2)8/h3H,1,4-5,8H2,2H3. The molecule has 0 fully saturated rings. The van der Waals surface area contributed by atoms with E-state index in [0.717, 1.165) is 0 Å². The number of halogens is 1. The smallest absolute Gasteiger partial charge is 0.254 e. The molecule has 0 saturated heterocycles. The summed E-state index contributed by atoms with van der Waals surface area (Å²) in [6.45, 7) is 4.63. The first-order chi connectivity index (χ1) is 5.07. The lowest BCUT2D eigenvalue weighted by molar-refractivity contribution is -0.120. The molecule has 0 aromatic heterocycles. The Morgan fingerprint density at radius 3 is 2.64 bits per heavy atom. The second-order valence-electron chi connectivity index (χ2n) is 2.11. The Morgan fingerprint density at radius 2 is 2.27 bits per heavy atom. The molecule has 11 heavy (non-hydrogen) atoms. The first-order valence-electron chi connectivity index (χ1n) is 3.13. The largest absolute Gasteiger partial charge is 0.280 e. The van der Waals surface area contributed by atoms with Crippen LogP contribution in [0.1, 0.15) is 0 Å². The Balaban J connectivity index is 3.60. The molecular weight excluding hydrogens is 257 g/mol. The molecule has 0 spiro atoms. The number of likely N-dealkylation sites (N-methyl/N-ethyl adjacent to an activating group) is 1. The quantitative estimate of drug-likeness (QED) is 0.260. The van der Waals surface area contributed by atoms with E-state index in [-0.39, 0.29) is 5.91 Å². The molecule has 0 saturated carbocycles. The number of carbonyl (C=O) groups is 1. The molecular formula is C6H12IN3O. The number of nitrogens with two attached hydrogens (primary N) is 1. The van der Waals surface area contributed by atoms with Crippen molar-refractivity contribution in [1.29, 1.82) is 0 Å². The molecule has 0 atom stereocenters. The molecule has 4 nitrogen and oxygen atoms in total. The summed E-state index contributed by atoms with van der Waals surface area (Å²) in [7, 11) is 1.75. The van der Waals surface area contributed by atoms with Crippen LogP contribution in [0.4, 0.5) is 0 Å². The van der Waals surface area contributed by atoms with Crippen LogP contribution in [0.15, 0.2) is 12.7 Å². The van der Waals surface area contributed by atoms with E-state index >= 15 is 0 Å². The van der Waals surface area contributed by atoms with Gasteiger partial charge in [0.2, 0.25) is 0 Å². The average molecular weight is 269 g/mol. The van der Waals surface area contributed by atoms with E-state index in [1.54, 1.807) is 7.05 Å². The Bertz CT molecular complexity index is 149. The fourth-order valence-electron chi connectivity index (χ4n) is 0.455. The number of hydrazine groups is 1. The first-order valence-corrected chi connectivity index (χ1v) is 4.10. The highest BCUT2D eigenvalue weighted by molar-refractivity contribution is 14.1. The highest BCUT2D eigenvalue weighted by Gasteiger charge is 2.04. The lowest BCUT2D eigenvalue weighted by Crippen LogP contribution is -2.34. The Morgan fingerprint density at radius 1 is 1.73 bits per heavy atom. The summed E-state index contributed by atoms with van der Waals surface area (Å²) in [5, 5.41) is 1.53. The van der Waals surface area contributed by atoms with E-state index in [1.165, 1.54) is 14.2 Å². The average Bonchev–Trinajstić information content (AvgIpc) is 1.98. The lowest BCUT2D eigenvalue weighted by atomic mass is 10.5. The van der Waals surface area contributed by atoms with E-state index in [0.29, 0.717) is 13.1 Å². The molecule has 2 N–H and O–H groups in total. The van der Waals surface area contributed by atoms with Crippen molar-refractivity contribution >= 4 is 28.8 Å². The van der Waals surface area contributed by atoms with Gasteiger partial charge in [-0.3, -0.25) is 13.8 Å². The number of rotatable bonds is 4. The van der Waals surface area contributed by atoms with Gasteiger partial charge < -0.3 is 0 Å². The van der Waals surface area contributed by atoms with E-state index in [1.807, 2.05) is 22.9 Å². The lowest BCUT2D eigenvalue weighted by Gasteiger charge is -2.15. The van der Waals surface area contributed by atoms with Gasteiger partial charge in [0.15, 0.2) is 0 Å². The summed E-state index contributed by atoms with van der Waals surface area (Å²) in [6.07, 6.45) is 1.28. The SMILES string of the molecule is C=CC(=O)N(I)CCN(C)N. The predicted molar refractivity (Wildman–Crippen MR) is 52.7 cm³/mol. The Hall–Kier alpha value is -0.140. The fraction of sp³-hybridized carbons (Fsp3) is 0.500. The minimum atomic E-state index is -0.0903. The molecule has 0 rings (SSSR count). The number of hydrogen-bond acceptors (Lipinski definition) is 3. The number of amides is 1. The summed E-state index contributed by atoms with van der Waals surface area (Å²) < 4.78 is 1.54. The van der Waals surface area contributed by atoms with Gasteiger partial charge >= 0.3 is 0 Å². The van der Waals surface area contributed by atoms with E-state index in [9.17, 15) is 4.79 Å². The monoisotopic (exact) mass is 269 g/mol.